The number of ether oxygens (including phenoxy) is 2. The van der Waals surface area contributed by atoms with E-state index < -0.39 is 0 Å². The van der Waals surface area contributed by atoms with Crippen molar-refractivity contribution in [2.75, 3.05) is 25.2 Å². The Balaban J connectivity index is 2.12. The molecule has 0 N–H and O–H groups in total. The van der Waals surface area contributed by atoms with Crippen LogP contribution >= 0.6 is 0 Å². The van der Waals surface area contributed by atoms with E-state index in [1.165, 1.54) is 0 Å². The average Bonchev–Trinajstić information content (AvgIpc) is 2.58. The SMILES string of the molecule is CCOC(=O)CCc1ccc2c(c1)N(C)C(=O)CCO2. The van der Waals surface area contributed by atoms with Crippen LogP contribution in [0.5, 0.6) is 5.75 Å². The quantitative estimate of drug-likeness (QED) is 0.789. The zero-order chi connectivity index (χ0) is 14.5. The highest BCUT2D eigenvalue weighted by atomic mass is 16.5. The van der Waals surface area contributed by atoms with Gasteiger partial charge in [-0.1, -0.05) is 6.07 Å². The van der Waals surface area contributed by atoms with Crippen molar-refractivity contribution in [1.82, 2.24) is 0 Å². The van der Waals surface area contributed by atoms with Gasteiger partial charge in [0.2, 0.25) is 5.91 Å². The molecule has 0 unspecified atom stereocenters. The maximum Gasteiger partial charge on any atom is 0.306 e. The molecule has 1 heterocycles. The van der Waals surface area contributed by atoms with Gasteiger partial charge in [-0.25, -0.2) is 0 Å². The lowest BCUT2D eigenvalue weighted by atomic mass is 10.1. The third kappa shape index (κ3) is 3.29. The lowest BCUT2D eigenvalue weighted by molar-refractivity contribution is -0.143. The molecule has 108 valence electrons. The van der Waals surface area contributed by atoms with E-state index in [1.807, 2.05) is 18.2 Å². The predicted molar refractivity (Wildman–Crippen MR) is 74.9 cm³/mol. The first-order valence-electron chi connectivity index (χ1n) is 6.79. The van der Waals surface area contributed by atoms with Gasteiger partial charge in [0.05, 0.1) is 25.3 Å². The number of aryl methyl sites for hydroxylation is 1. The molecule has 5 nitrogen and oxygen atoms in total. The standard InChI is InChI=1S/C15H19NO4/c1-3-19-15(18)7-5-11-4-6-13-12(10-11)16(2)14(17)8-9-20-13/h4,6,10H,3,5,7-9H2,1-2H3. The van der Waals surface area contributed by atoms with Crippen LogP contribution in [0.2, 0.25) is 0 Å². The number of rotatable bonds is 4. The lowest BCUT2D eigenvalue weighted by Gasteiger charge is -2.17. The Bertz CT molecular complexity index is 513. The molecule has 0 saturated carbocycles. The smallest absolute Gasteiger partial charge is 0.306 e. The summed E-state index contributed by atoms with van der Waals surface area (Å²) in [5.41, 5.74) is 1.75. The highest BCUT2D eigenvalue weighted by Gasteiger charge is 2.20. The Morgan fingerprint density at radius 3 is 3.00 bits per heavy atom. The summed E-state index contributed by atoms with van der Waals surface area (Å²) in [5, 5.41) is 0. The summed E-state index contributed by atoms with van der Waals surface area (Å²) < 4.78 is 10.5. The number of amides is 1. The average molecular weight is 277 g/mol. The molecule has 0 radical (unpaired) electrons. The maximum atomic E-state index is 11.8. The fraction of sp³-hybridized carbons (Fsp3) is 0.467. The summed E-state index contributed by atoms with van der Waals surface area (Å²) in [6, 6.07) is 5.67. The van der Waals surface area contributed by atoms with E-state index in [2.05, 4.69) is 0 Å². The van der Waals surface area contributed by atoms with Crippen molar-refractivity contribution in [2.45, 2.75) is 26.2 Å². The molecule has 0 aromatic heterocycles. The van der Waals surface area contributed by atoms with Gasteiger partial charge in [0.25, 0.3) is 0 Å². The largest absolute Gasteiger partial charge is 0.491 e. The number of carbonyl (C=O) groups excluding carboxylic acids is 2. The number of benzene rings is 1. The van der Waals surface area contributed by atoms with Gasteiger partial charge in [0.1, 0.15) is 5.75 Å². The number of carbonyl (C=O) groups is 2. The molecule has 0 saturated heterocycles. The molecule has 1 amide bonds. The predicted octanol–water partition coefficient (Wildman–Crippen LogP) is 1.93. The summed E-state index contributed by atoms with van der Waals surface area (Å²) in [6.45, 7) is 2.59. The second-order valence-corrected chi connectivity index (χ2v) is 4.66. The Morgan fingerprint density at radius 1 is 1.45 bits per heavy atom. The molecule has 5 heteroatoms. The summed E-state index contributed by atoms with van der Waals surface area (Å²) in [7, 11) is 1.74. The summed E-state index contributed by atoms with van der Waals surface area (Å²) in [4.78, 5) is 24.8. The van der Waals surface area contributed by atoms with Gasteiger partial charge in [-0.15, -0.1) is 0 Å². The van der Waals surface area contributed by atoms with Crippen molar-refractivity contribution in [2.24, 2.45) is 0 Å². The number of hydrogen-bond donors (Lipinski definition) is 0. The number of nitrogens with zero attached hydrogens (tertiary/aromatic N) is 1. The van der Waals surface area contributed by atoms with Crippen molar-refractivity contribution in [3.05, 3.63) is 23.8 Å². The van der Waals surface area contributed by atoms with Crippen LogP contribution in [-0.2, 0) is 20.7 Å². The molecular formula is C15H19NO4. The minimum Gasteiger partial charge on any atom is -0.491 e. The van der Waals surface area contributed by atoms with E-state index in [1.54, 1.807) is 18.9 Å². The fourth-order valence-corrected chi connectivity index (χ4v) is 2.13. The molecule has 2 rings (SSSR count). The van der Waals surface area contributed by atoms with E-state index in [4.69, 9.17) is 9.47 Å². The topological polar surface area (TPSA) is 55.8 Å². The number of anilines is 1. The first-order valence-corrected chi connectivity index (χ1v) is 6.79. The summed E-state index contributed by atoms with van der Waals surface area (Å²) >= 11 is 0. The maximum absolute atomic E-state index is 11.8. The van der Waals surface area contributed by atoms with Gasteiger partial charge in [0.15, 0.2) is 0 Å². The highest BCUT2D eigenvalue weighted by Crippen LogP contribution is 2.31. The van der Waals surface area contributed by atoms with Crippen molar-refractivity contribution >= 4 is 17.6 Å². The molecule has 20 heavy (non-hydrogen) atoms. The molecule has 0 spiro atoms. The van der Waals surface area contributed by atoms with Gasteiger partial charge < -0.3 is 14.4 Å². The van der Waals surface area contributed by atoms with Crippen LogP contribution in [0.15, 0.2) is 18.2 Å². The zero-order valence-electron chi connectivity index (χ0n) is 11.8. The molecule has 1 aliphatic rings. The van der Waals surface area contributed by atoms with Gasteiger partial charge in [-0.2, -0.15) is 0 Å². The molecule has 1 aromatic carbocycles. The van der Waals surface area contributed by atoms with Crippen LogP contribution in [0.25, 0.3) is 0 Å². The monoisotopic (exact) mass is 277 g/mol. The Kier molecular flexibility index (Phi) is 4.61. The van der Waals surface area contributed by atoms with Gasteiger partial charge >= 0.3 is 5.97 Å². The van der Waals surface area contributed by atoms with Gasteiger partial charge in [-0.05, 0) is 31.0 Å². The van der Waals surface area contributed by atoms with E-state index >= 15 is 0 Å². The van der Waals surface area contributed by atoms with Crippen molar-refractivity contribution < 1.29 is 19.1 Å². The lowest BCUT2D eigenvalue weighted by Crippen LogP contribution is -2.25. The Hall–Kier alpha value is -2.04. The molecule has 1 aliphatic heterocycles. The number of hydrogen-bond acceptors (Lipinski definition) is 4. The van der Waals surface area contributed by atoms with E-state index in [-0.39, 0.29) is 11.9 Å². The molecule has 0 fully saturated rings. The van der Waals surface area contributed by atoms with E-state index in [0.717, 1.165) is 11.3 Å². The van der Waals surface area contributed by atoms with Crippen LogP contribution in [0.4, 0.5) is 5.69 Å². The molecule has 0 bridgehead atoms. The van der Waals surface area contributed by atoms with Gasteiger partial charge in [0, 0.05) is 13.5 Å². The molecular weight excluding hydrogens is 258 g/mol. The van der Waals surface area contributed by atoms with Crippen LogP contribution in [-0.4, -0.2) is 32.1 Å². The molecule has 0 aliphatic carbocycles. The minimum absolute atomic E-state index is 0.0336. The third-order valence-corrected chi connectivity index (χ3v) is 3.26. The van der Waals surface area contributed by atoms with Crippen molar-refractivity contribution in [1.29, 1.82) is 0 Å². The first-order chi connectivity index (χ1) is 9.61. The van der Waals surface area contributed by atoms with Crippen molar-refractivity contribution in [3.63, 3.8) is 0 Å². The Labute approximate surface area is 118 Å². The summed E-state index contributed by atoms with van der Waals surface area (Å²) in [5.74, 6) is 0.535. The van der Waals surface area contributed by atoms with Crippen LogP contribution in [0, 0.1) is 0 Å². The van der Waals surface area contributed by atoms with Crippen LogP contribution in [0.1, 0.15) is 25.3 Å². The first kappa shape index (κ1) is 14.4. The third-order valence-electron chi connectivity index (χ3n) is 3.26. The number of esters is 1. The Morgan fingerprint density at radius 2 is 2.25 bits per heavy atom. The normalized spacial score (nSPS) is 14.3. The minimum atomic E-state index is -0.205. The summed E-state index contributed by atoms with van der Waals surface area (Å²) in [6.07, 6.45) is 1.31. The molecule has 0 atom stereocenters. The highest BCUT2D eigenvalue weighted by molar-refractivity contribution is 5.95. The zero-order valence-corrected chi connectivity index (χ0v) is 11.8. The van der Waals surface area contributed by atoms with Crippen LogP contribution < -0.4 is 9.64 Å². The number of fused-ring (bicyclic) bond motifs is 1. The fourth-order valence-electron chi connectivity index (χ4n) is 2.13. The molecule has 1 aromatic rings. The second kappa shape index (κ2) is 6.41. The van der Waals surface area contributed by atoms with Crippen molar-refractivity contribution in [3.8, 4) is 5.75 Å². The van der Waals surface area contributed by atoms with E-state index in [9.17, 15) is 9.59 Å². The second-order valence-electron chi connectivity index (χ2n) is 4.66. The van der Waals surface area contributed by atoms with Gasteiger partial charge in [-0.3, -0.25) is 9.59 Å². The van der Waals surface area contributed by atoms with E-state index in [0.29, 0.717) is 38.2 Å². The van der Waals surface area contributed by atoms with Crippen LogP contribution in [0.3, 0.4) is 0 Å².